The van der Waals surface area contributed by atoms with Crippen LogP contribution in [0.3, 0.4) is 0 Å². The molecule has 21 heavy (non-hydrogen) atoms. The molecule has 1 aliphatic heterocycles. The van der Waals surface area contributed by atoms with Gasteiger partial charge in [0.1, 0.15) is 11.4 Å². The van der Waals surface area contributed by atoms with Gasteiger partial charge >= 0.3 is 6.09 Å². The van der Waals surface area contributed by atoms with Gasteiger partial charge in [-0.1, -0.05) is 22.9 Å². The van der Waals surface area contributed by atoms with Crippen LogP contribution in [-0.4, -0.2) is 17.7 Å². The Morgan fingerprint density at radius 2 is 2.14 bits per heavy atom. The number of halogens is 2. The topological polar surface area (TPSA) is 29.5 Å². The fourth-order valence-electron chi connectivity index (χ4n) is 2.63. The third-order valence-corrected chi connectivity index (χ3v) is 4.01. The van der Waals surface area contributed by atoms with Crippen LogP contribution >= 0.6 is 15.9 Å². The highest BCUT2D eigenvalue weighted by molar-refractivity contribution is 9.10. The molecule has 0 N–H and O–H groups in total. The Morgan fingerprint density at radius 1 is 1.48 bits per heavy atom. The van der Waals surface area contributed by atoms with E-state index in [-0.39, 0.29) is 11.9 Å². The minimum absolute atomic E-state index is 0.0426. The predicted octanol–water partition coefficient (Wildman–Crippen LogP) is 5.05. The Labute approximate surface area is 133 Å². The maximum atomic E-state index is 14.1. The first kappa shape index (κ1) is 16.3. The molecule has 0 bridgehead atoms. The monoisotopic (exact) mass is 357 g/mol. The molecule has 1 atom stereocenters. The van der Waals surface area contributed by atoms with Gasteiger partial charge in [-0.3, -0.25) is 4.90 Å². The maximum absolute atomic E-state index is 14.1. The van der Waals surface area contributed by atoms with Crippen molar-refractivity contribution in [1.29, 1.82) is 0 Å². The summed E-state index contributed by atoms with van der Waals surface area (Å²) in [4.78, 5) is 14.1. The van der Waals surface area contributed by atoms with E-state index < -0.39 is 11.7 Å². The molecular formula is C16H21BrFNO2. The van der Waals surface area contributed by atoms with Crippen molar-refractivity contribution in [3.8, 4) is 0 Å². The Hall–Kier alpha value is -1.10. The highest BCUT2D eigenvalue weighted by atomic mass is 79.9. The number of fused-ring (bicyclic) bond motifs is 1. The molecule has 0 aliphatic carbocycles. The van der Waals surface area contributed by atoms with Crippen LogP contribution in [0.2, 0.25) is 0 Å². The molecule has 116 valence electrons. The second-order valence-corrected chi connectivity index (χ2v) is 7.25. The van der Waals surface area contributed by atoms with Gasteiger partial charge in [-0.15, -0.1) is 0 Å². The summed E-state index contributed by atoms with van der Waals surface area (Å²) in [5.41, 5.74) is 0.639. The molecule has 1 aliphatic rings. The van der Waals surface area contributed by atoms with Crippen LogP contribution in [0.1, 0.15) is 46.1 Å². The van der Waals surface area contributed by atoms with Gasteiger partial charge in [-0.2, -0.15) is 0 Å². The molecule has 1 unspecified atom stereocenters. The average Bonchev–Trinajstić information content (AvgIpc) is 2.34. The van der Waals surface area contributed by atoms with Gasteiger partial charge in [0.05, 0.1) is 5.69 Å². The zero-order valence-corrected chi connectivity index (χ0v) is 14.5. The van der Waals surface area contributed by atoms with Crippen LogP contribution in [0.25, 0.3) is 0 Å². The largest absolute Gasteiger partial charge is 0.443 e. The number of ether oxygens (including phenoxy) is 1. The van der Waals surface area contributed by atoms with Crippen molar-refractivity contribution in [2.24, 2.45) is 0 Å². The third kappa shape index (κ3) is 3.57. The number of carbonyl (C=O) groups excluding carboxylic acids is 1. The summed E-state index contributed by atoms with van der Waals surface area (Å²) in [7, 11) is 0. The van der Waals surface area contributed by atoms with Crippen LogP contribution in [0.5, 0.6) is 0 Å². The second kappa shape index (κ2) is 5.95. The number of rotatable bonds is 1. The van der Waals surface area contributed by atoms with Crippen molar-refractivity contribution < 1.29 is 13.9 Å². The van der Waals surface area contributed by atoms with E-state index in [1.807, 2.05) is 27.7 Å². The minimum atomic E-state index is -0.572. The highest BCUT2D eigenvalue weighted by Gasteiger charge is 2.34. The zero-order chi connectivity index (χ0) is 15.8. The quantitative estimate of drug-likeness (QED) is 0.703. The van der Waals surface area contributed by atoms with Gasteiger partial charge in [-0.05, 0) is 52.2 Å². The number of benzene rings is 1. The summed E-state index contributed by atoms with van der Waals surface area (Å²) >= 11 is 3.30. The lowest BCUT2D eigenvalue weighted by Crippen LogP contribution is -2.46. The number of hydrogen-bond donors (Lipinski definition) is 0. The first-order valence-electron chi connectivity index (χ1n) is 7.23. The first-order chi connectivity index (χ1) is 9.73. The van der Waals surface area contributed by atoms with E-state index in [4.69, 9.17) is 4.74 Å². The standard InChI is InChI=1S/C16H21BrFNO2/c1-5-11-6-7-12-13(18)8-10(17)9-14(12)19(11)15(20)21-16(2,3)4/h8-9,11H,5-7H2,1-4H3. The Balaban J connectivity index is 2.45. The summed E-state index contributed by atoms with van der Waals surface area (Å²) in [6.07, 6.45) is 1.80. The summed E-state index contributed by atoms with van der Waals surface area (Å²) < 4.78 is 20.3. The van der Waals surface area contributed by atoms with Gasteiger partial charge in [0.2, 0.25) is 0 Å². The Kier molecular flexibility index (Phi) is 4.61. The number of amides is 1. The zero-order valence-electron chi connectivity index (χ0n) is 12.9. The Morgan fingerprint density at radius 3 is 2.71 bits per heavy atom. The fraction of sp³-hybridized carbons (Fsp3) is 0.562. The smallest absolute Gasteiger partial charge is 0.415 e. The van der Waals surface area contributed by atoms with Crippen LogP contribution < -0.4 is 4.90 Å². The second-order valence-electron chi connectivity index (χ2n) is 6.34. The third-order valence-electron chi connectivity index (χ3n) is 3.55. The molecule has 0 saturated carbocycles. The van der Waals surface area contributed by atoms with Crippen molar-refractivity contribution in [3.05, 3.63) is 28.0 Å². The number of nitrogens with zero attached hydrogens (tertiary/aromatic N) is 1. The van der Waals surface area contributed by atoms with Crippen molar-refractivity contribution >= 4 is 27.7 Å². The van der Waals surface area contributed by atoms with Crippen LogP contribution in [0.15, 0.2) is 16.6 Å². The molecule has 0 fully saturated rings. The molecule has 1 amide bonds. The fourth-order valence-corrected chi connectivity index (χ4v) is 3.05. The van der Waals surface area contributed by atoms with Gasteiger partial charge in [0, 0.05) is 16.1 Å². The Bertz CT molecular complexity index is 554. The van der Waals surface area contributed by atoms with E-state index >= 15 is 0 Å². The SMILES string of the molecule is CCC1CCc2c(F)cc(Br)cc2N1C(=O)OC(C)(C)C. The molecule has 3 nitrogen and oxygen atoms in total. The van der Waals surface area contributed by atoms with Crippen molar-refractivity contribution in [2.75, 3.05) is 4.90 Å². The number of carbonyl (C=O) groups is 1. The summed E-state index contributed by atoms with van der Waals surface area (Å²) in [5.74, 6) is -0.275. The van der Waals surface area contributed by atoms with E-state index in [1.165, 1.54) is 6.07 Å². The molecule has 0 radical (unpaired) electrons. The lowest BCUT2D eigenvalue weighted by atomic mass is 9.94. The first-order valence-corrected chi connectivity index (χ1v) is 8.02. The maximum Gasteiger partial charge on any atom is 0.415 e. The van der Waals surface area contributed by atoms with Gasteiger partial charge < -0.3 is 4.74 Å². The molecule has 1 aromatic rings. The van der Waals surface area contributed by atoms with Gasteiger partial charge in [0.25, 0.3) is 0 Å². The lowest BCUT2D eigenvalue weighted by molar-refractivity contribution is 0.0559. The van der Waals surface area contributed by atoms with E-state index in [1.54, 1.807) is 11.0 Å². The van der Waals surface area contributed by atoms with E-state index in [0.717, 1.165) is 12.8 Å². The van der Waals surface area contributed by atoms with Crippen molar-refractivity contribution in [3.63, 3.8) is 0 Å². The van der Waals surface area contributed by atoms with Crippen LogP contribution in [-0.2, 0) is 11.2 Å². The van der Waals surface area contributed by atoms with Crippen molar-refractivity contribution in [2.45, 2.75) is 58.6 Å². The van der Waals surface area contributed by atoms with Crippen LogP contribution in [0.4, 0.5) is 14.9 Å². The number of anilines is 1. The highest BCUT2D eigenvalue weighted by Crippen LogP contribution is 2.36. The van der Waals surface area contributed by atoms with E-state index in [9.17, 15) is 9.18 Å². The average molecular weight is 358 g/mol. The van der Waals surface area contributed by atoms with Gasteiger partial charge in [-0.25, -0.2) is 9.18 Å². The molecule has 0 aromatic heterocycles. The summed E-state index contributed by atoms with van der Waals surface area (Å²) in [5, 5.41) is 0. The number of hydrogen-bond acceptors (Lipinski definition) is 2. The van der Waals surface area contributed by atoms with Crippen LogP contribution in [0, 0.1) is 5.82 Å². The molecule has 5 heteroatoms. The summed E-state index contributed by atoms with van der Waals surface area (Å²) in [6.45, 7) is 7.52. The predicted molar refractivity (Wildman–Crippen MR) is 85.2 cm³/mol. The molecule has 0 saturated heterocycles. The normalized spacial score (nSPS) is 18.4. The lowest BCUT2D eigenvalue weighted by Gasteiger charge is -2.37. The van der Waals surface area contributed by atoms with E-state index in [2.05, 4.69) is 15.9 Å². The summed E-state index contributed by atoms with van der Waals surface area (Å²) in [6, 6.07) is 3.28. The molecule has 1 heterocycles. The molecule has 0 spiro atoms. The molecule has 2 rings (SSSR count). The molecular weight excluding hydrogens is 337 g/mol. The molecule has 1 aromatic carbocycles. The minimum Gasteiger partial charge on any atom is -0.443 e. The van der Waals surface area contributed by atoms with E-state index in [0.29, 0.717) is 22.1 Å². The van der Waals surface area contributed by atoms with Gasteiger partial charge in [0.15, 0.2) is 0 Å². The van der Waals surface area contributed by atoms with Crippen molar-refractivity contribution in [1.82, 2.24) is 0 Å².